The highest BCUT2D eigenvalue weighted by atomic mass is 79.9. The fourth-order valence-electron chi connectivity index (χ4n) is 1.37. The summed E-state index contributed by atoms with van der Waals surface area (Å²) in [5.74, 6) is 0.297. The van der Waals surface area contributed by atoms with Crippen LogP contribution in [0.15, 0.2) is 25.8 Å². The Labute approximate surface area is 121 Å². The molecule has 0 unspecified atom stereocenters. The molecule has 0 atom stereocenters. The molecule has 0 saturated carbocycles. The van der Waals surface area contributed by atoms with Crippen molar-refractivity contribution in [3.8, 4) is 5.75 Å². The summed E-state index contributed by atoms with van der Waals surface area (Å²) in [5, 5.41) is 0. The highest BCUT2D eigenvalue weighted by Crippen LogP contribution is 2.31. The predicted molar refractivity (Wildman–Crippen MR) is 74.9 cm³/mol. The molecule has 5 nitrogen and oxygen atoms in total. The van der Waals surface area contributed by atoms with Crippen molar-refractivity contribution in [1.82, 2.24) is 0 Å². The maximum atomic E-state index is 11.4. The molecule has 0 bridgehead atoms. The number of unbranched alkanes of at least 4 members (excludes halogenated alkanes) is 1. The quantitative estimate of drug-likeness (QED) is 0.476. The SMILES string of the molecule is CCCCOC(=O)Oc1cc2sc(=O)oc2cc1Br. The van der Waals surface area contributed by atoms with E-state index in [2.05, 4.69) is 15.9 Å². The lowest BCUT2D eigenvalue weighted by molar-refractivity contribution is 0.0976. The van der Waals surface area contributed by atoms with E-state index in [1.54, 1.807) is 12.1 Å². The molecule has 2 rings (SSSR count). The van der Waals surface area contributed by atoms with Gasteiger partial charge in [-0.15, -0.1) is 0 Å². The number of carbonyl (C=O) groups is 1. The zero-order valence-corrected chi connectivity index (χ0v) is 12.5. The van der Waals surface area contributed by atoms with Gasteiger partial charge in [0, 0.05) is 12.1 Å². The van der Waals surface area contributed by atoms with Gasteiger partial charge in [-0.25, -0.2) is 9.59 Å². The molecule has 1 aromatic heterocycles. The predicted octanol–water partition coefficient (Wildman–Crippen LogP) is 3.93. The fourth-order valence-corrected chi connectivity index (χ4v) is 2.46. The molecule has 0 aliphatic heterocycles. The lowest BCUT2D eigenvalue weighted by atomic mass is 10.3. The topological polar surface area (TPSA) is 65.7 Å². The Kier molecular flexibility index (Phi) is 4.60. The fraction of sp³-hybridized carbons (Fsp3) is 0.333. The Balaban J connectivity index is 2.13. The Bertz CT molecular complexity index is 645. The van der Waals surface area contributed by atoms with E-state index in [4.69, 9.17) is 13.9 Å². The van der Waals surface area contributed by atoms with Crippen molar-refractivity contribution in [3.05, 3.63) is 26.3 Å². The van der Waals surface area contributed by atoms with Gasteiger partial charge in [-0.2, -0.15) is 0 Å². The Hall–Kier alpha value is -1.34. The zero-order chi connectivity index (χ0) is 13.8. The molecule has 0 radical (unpaired) electrons. The average molecular weight is 347 g/mol. The van der Waals surface area contributed by atoms with Crippen LogP contribution < -0.4 is 9.68 Å². The third kappa shape index (κ3) is 3.57. The first-order valence-electron chi connectivity index (χ1n) is 5.68. The molecule has 102 valence electrons. The summed E-state index contributed by atoms with van der Waals surface area (Å²) < 4.78 is 16.0. The van der Waals surface area contributed by atoms with Crippen molar-refractivity contribution in [2.75, 3.05) is 6.61 Å². The average Bonchev–Trinajstić information content (AvgIpc) is 2.69. The van der Waals surface area contributed by atoms with E-state index in [1.165, 1.54) is 0 Å². The van der Waals surface area contributed by atoms with Gasteiger partial charge in [-0.05, 0) is 22.4 Å². The van der Waals surface area contributed by atoms with Crippen LogP contribution in [0.5, 0.6) is 5.75 Å². The van der Waals surface area contributed by atoms with E-state index < -0.39 is 11.1 Å². The second-order valence-electron chi connectivity index (χ2n) is 3.74. The van der Waals surface area contributed by atoms with Gasteiger partial charge in [0.1, 0.15) is 5.75 Å². The molecule has 19 heavy (non-hydrogen) atoms. The smallest absolute Gasteiger partial charge is 0.434 e. The first-order chi connectivity index (χ1) is 9.10. The minimum absolute atomic E-state index is 0.297. The summed E-state index contributed by atoms with van der Waals surface area (Å²) in [6, 6.07) is 3.15. The number of rotatable bonds is 4. The highest BCUT2D eigenvalue weighted by Gasteiger charge is 2.13. The van der Waals surface area contributed by atoms with Crippen LogP contribution in [0.3, 0.4) is 0 Å². The van der Waals surface area contributed by atoms with Crippen molar-refractivity contribution in [3.63, 3.8) is 0 Å². The number of halogens is 1. The molecule has 0 aliphatic carbocycles. The van der Waals surface area contributed by atoms with Crippen LogP contribution in [0.2, 0.25) is 0 Å². The van der Waals surface area contributed by atoms with Gasteiger partial charge < -0.3 is 13.9 Å². The molecule has 0 aliphatic rings. The summed E-state index contributed by atoms with van der Waals surface area (Å²) in [6.07, 6.45) is 0.967. The molecule has 0 spiro atoms. The molecule has 0 fully saturated rings. The largest absolute Gasteiger partial charge is 0.513 e. The van der Waals surface area contributed by atoms with Gasteiger partial charge in [0.25, 0.3) is 0 Å². The van der Waals surface area contributed by atoms with Crippen LogP contribution >= 0.6 is 27.3 Å². The molecule has 1 aromatic carbocycles. The van der Waals surface area contributed by atoms with Gasteiger partial charge in [-0.1, -0.05) is 24.7 Å². The Morgan fingerprint density at radius 2 is 2.26 bits per heavy atom. The van der Waals surface area contributed by atoms with Crippen LogP contribution in [0.1, 0.15) is 19.8 Å². The number of hydrogen-bond donors (Lipinski definition) is 0. The summed E-state index contributed by atoms with van der Waals surface area (Å²) in [6.45, 7) is 2.33. The lowest BCUT2D eigenvalue weighted by Gasteiger charge is -2.06. The maximum absolute atomic E-state index is 11.4. The van der Waals surface area contributed by atoms with Crippen LogP contribution in [0, 0.1) is 0 Å². The minimum Gasteiger partial charge on any atom is -0.434 e. The van der Waals surface area contributed by atoms with E-state index in [0.717, 1.165) is 24.2 Å². The van der Waals surface area contributed by atoms with Gasteiger partial charge in [0.15, 0.2) is 5.58 Å². The maximum Gasteiger partial charge on any atom is 0.513 e. The normalized spacial score (nSPS) is 10.6. The summed E-state index contributed by atoms with van der Waals surface area (Å²) in [5.41, 5.74) is 0.452. The van der Waals surface area contributed by atoms with E-state index >= 15 is 0 Å². The molecule has 7 heteroatoms. The molecule has 0 N–H and O–H groups in total. The van der Waals surface area contributed by atoms with Crippen molar-refractivity contribution in [2.24, 2.45) is 0 Å². The number of benzene rings is 1. The van der Waals surface area contributed by atoms with E-state index in [0.29, 0.717) is 27.1 Å². The van der Waals surface area contributed by atoms with Gasteiger partial charge in [0.2, 0.25) is 0 Å². The zero-order valence-electron chi connectivity index (χ0n) is 10.1. The summed E-state index contributed by atoms with van der Waals surface area (Å²) in [7, 11) is 0. The van der Waals surface area contributed by atoms with Gasteiger partial charge in [0.05, 0.1) is 15.8 Å². The highest BCUT2D eigenvalue weighted by molar-refractivity contribution is 9.10. The molecule has 0 amide bonds. The van der Waals surface area contributed by atoms with Gasteiger partial charge >= 0.3 is 11.1 Å². The number of ether oxygens (including phenoxy) is 2. The molecule has 2 aromatic rings. The number of fused-ring (bicyclic) bond motifs is 1. The lowest BCUT2D eigenvalue weighted by Crippen LogP contribution is -2.11. The van der Waals surface area contributed by atoms with Crippen LogP contribution in [-0.4, -0.2) is 12.8 Å². The molecule has 0 saturated heterocycles. The van der Waals surface area contributed by atoms with E-state index in [9.17, 15) is 9.59 Å². The second-order valence-corrected chi connectivity index (χ2v) is 5.57. The summed E-state index contributed by atoms with van der Waals surface area (Å²) >= 11 is 4.20. The van der Waals surface area contributed by atoms with Crippen LogP contribution in [0.4, 0.5) is 4.79 Å². The third-order valence-electron chi connectivity index (χ3n) is 2.30. The van der Waals surface area contributed by atoms with Gasteiger partial charge in [-0.3, -0.25) is 0 Å². The van der Waals surface area contributed by atoms with Crippen molar-refractivity contribution >= 4 is 43.7 Å². The number of carbonyl (C=O) groups excluding carboxylic acids is 1. The molecule has 1 heterocycles. The second kappa shape index (κ2) is 6.21. The first kappa shape index (κ1) is 14.1. The van der Waals surface area contributed by atoms with Crippen LogP contribution in [-0.2, 0) is 4.74 Å². The molecular formula is C12H11BrO5S. The summed E-state index contributed by atoms with van der Waals surface area (Å²) in [4.78, 5) is 22.1. The van der Waals surface area contributed by atoms with Crippen LogP contribution in [0.25, 0.3) is 10.3 Å². The van der Waals surface area contributed by atoms with Crippen molar-refractivity contribution in [2.45, 2.75) is 19.8 Å². The van der Waals surface area contributed by atoms with E-state index in [-0.39, 0.29) is 0 Å². The van der Waals surface area contributed by atoms with Crippen molar-refractivity contribution in [1.29, 1.82) is 0 Å². The Morgan fingerprint density at radius 3 is 3.00 bits per heavy atom. The Morgan fingerprint density at radius 1 is 1.47 bits per heavy atom. The minimum atomic E-state index is -0.760. The molecular weight excluding hydrogens is 336 g/mol. The monoisotopic (exact) mass is 346 g/mol. The standard InChI is InChI=1S/C12H11BrO5S/c1-2-3-4-16-11(14)17-8-6-10-9(5-7(8)13)18-12(15)19-10/h5-6H,2-4H2,1H3. The van der Waals surface area contributed by atoms with Crippen molar-refractivity contribution < 1.29 is 18.7 Å². The first-order valence-corrected chi connectivity index (χ1v) is 7.29. The third-order valence-corrected chi connectivity index (χ3v) is 3.70. The van der Waals surface area contributed by atoms with E-state index in [1.807, 2.05) is 6.92 Å². The number of hydrogen-bond acceptors (Lipinski definition) is 6.